The Morgan fingerprint density at radius 1 is 1.06 bits per heavy atom. The van der Waals surface area contributed by atoms with Crippen LogP contribution in [0.4, 0.5) is 4.39 Å². The maximum Gasteiger partial charge on any atom is 0.250 e. The molecule has 0 spiro atoms. The molecule has 162 valence electrons. The average Bonchev–Trinajstić information content (AvgIpc) is 3.26. The highest BCUT2D eigenvalue weighted by atomic mass is 35.5. The van der Waals surface area contributed by atoms with Gasteiger partial charge >= 0.3 is 0 Å². The second-order valence-corrected chi connectivity index (χ2v) is 10.3. The molecule has 1 amide bonds. The normalized spacial score (nSPS) is 11.3. The Morgan fingerprint density at radius 3 is 2.66 bits per heavy atom. The SMILES string of the molecule is O=C(CSc1nnc(SCc2cccc3ccccc23)s1)NN=Cc1c(F)cccc1Cl. The van der Waals surface area contributed by atoms with E-state index in [4.69, 9.17) is 11.6 Å². The first-order valence-corrected chi connectivity index (χ1v) is 12.6. The molecule has 0 aliphatic heterocycles. The Labute approximate surface area is 201 Å². The van der Waals surface area contributed by atoms with Crippen molar-refractivity contribution in [3.05, 3.63) is 82.6 Å². The number of nitrogens with one attached hydrogen (secondary N) is 1. The van der Waals surface area contributed by atoms with Gasteiger partial charge in [-0.05, 0) is 28.5 Å². The smallest absolute Gasteiger partial charge is 0.250 e. The summed E-state index contributed by atoms with van der Waals surface area (Å²) in [4.78, 5) is 12.0. The summed E-state index contributed by atoms with van der Waals surface area (Å²) in [6.07, 6.45) is 1.19. The van der Waals surface area contributed by atoms with Crippen molar-refractivity contribution in [2.75, 3.05) is 5.75 Å². The molecule has 0 unspecified atom stereocenters. The Morgan fingerprint density at radius 2 is 1.81 bits per heavy atom. The van der Waals surface area contributed by atoms with Gasteiger partial charge in [0.15, 0.2) is 8.68 Å². The second kappa shape index (κ2) is 10.9. The molecule has 3 aromatic carbocycles. The van der Waals surface area contributed by atoms with Crippen molar-refractivity contribution in [2.45, 2.75) is 14.4 Å². The second-order valence-electron chi connectivity index (χ2n) is 6.48. The number of carbonyl (C=O) groups is 1. The van der Waals surface area contributed by atoms with E-state index < -0.39 is 5.82 Å². The summed E-state index contributed by atoms with van der Waals surface area (Å²) in [7, 11) is 0. The van der Waals surface area contributed by atoms with E-state index in [1.807, 2.05) is 12.1 Å². The zero-order valence-corrected chi connectivity index (χ0v) is 19.7. The van der Waals surface area contributed by atoms with Crippen LogP contribution < -0.4 is 5.43 Å². The molecule has 0 saturated heterocycles. The van der Waals surface area contributed by atoms with Crippen molar-refractivity contribution in [3.63, 3.8) is 0 Å². The van der Waals surface area contributed by atoms with Gasteiger partial charge in [-0.3, -0.25) is 4.79 Å². The molecule has 1 aromatic heterocycles. The fourth-order valence-electron chi connectivity index (χ4n) is 2.83. The fraction of sp³-hybridized carbons (Fsp3) is 0.0909. The predicted molar refractivity (Wildman–Crippen MR) is 131 cm³/mol. The summed E-state index contributed by atoms with van der Waals surface area (Å²) in [5, 5.41) is 14.8. The topological polar surface area (TPSA) is 67.2 Å². The van der Waals surface area contributed by atoms with Gasteiger partial charge in [0, 0.05) is 11.3 Å². The maximum atomic E-state index is 13.7. The lowest BCUT2D eigenvalue weighted by molar-refractivity contribution is -0.118. The molecule has 4 aromatic rings. The zero-order chi connectivity index (χ0) is 22.3. The molecule has 0 radical (unpaired) electrons. The molecule has 0 bridgehead atoms. The summed E-state index contributed by atoms with van der Waals surface area (Å²) in [6.45, 7) is 0. The number of thioether (sulfide) groups is 2. The summed E-state index contributed by atoms with van der Waals surface area (Å²) in [5.74, 6) is 0.0607. The van der Waals surface area contributed by atoms with Crippen LogP contribution in [-0.4, -0.2) is 28.1 Å². The van der Waals surface area contributed by atoms with Crippen LogP contribution in [0.25, 0.3) is 10.8 Å². The minimum absolute atomic E-state index is 0.116. The number of benzene rings is 3. The van der Waals surface area contributed by atoms with Crippen LogP contribution in [0.2, 0.25) is 5.02 Å². The standard InChI is InChI=1S/C22H16ClFN4OS3/c23-18-9-4-10-19(24)17(18)11-25-26-20(29)13-31-22-28-27-21(32-22)30-12-15-7-3-6-14-5-1-2-8-16(14)15/h1-11H,12-13H2,(H,26,29). The van der Waals surface area contributed by atoms with Gasteiger partial charge in [0.05, 0.1) is 17.0 Å². The van der Waals surface area contributed by atoms with Gasteiger partial charge in [-0.25, -0.2) is 9.82 Å². The Hall–Kier alpha value is -2.46. The first-order chi connectivity index (χ1) is 15.6. The van der Waals surface area contributed by atoms with E-state index in [0.717, 1.165) is 10.1 Å². The van der Waals surface area contributed by atoms with E-state index in [0.29, 0.717) is 4.34 Å². The van der Waals surface area contributed by atoms with E-state index in [1.54, 1.807) is 17.8 Å². The van der Waals surface area contributed by atoms with Crippen molar-refractivity contribution >= 4 is 69.4 Å². The van der Waals surface area contributed by atoms with Crippen LogP contribution in [0, 0.1) is 5.82 Å². The molecular weight excluding hydrogens is 487 g/mol. The lowest BCUT2D eigenvalue weighted by Gasteiger charge is -2.04. The molecule has 10 heteroatoms. The number of carbonyl (C=O) groups excluding carboxylic acids is 1. The number of halogens is 2. The third-order valence-electron chi connectivity index (χ3n) is 4.33. The number of nitrogens with zero attached hydrogens (tertiary/aromatic N) is 3. The van der Waals surface area contributed by atoms with Gasteiger partial charge in [0.1, 0.15) is 5.82 Å². The Balaban J connectivity index is 1.27. The molecule has 1 heterocycles. The lowest BCUT2D eigenvalue weighted by atomic mass is 10.1. The number of hydrogen-bond acceptors (Lipinski definition) is 7. The fourth-order valence-corrected chi connectivity index (χ4v) is 5.86. The maximum absolute atomic E-state index is 13.7. The number of fused-ring (bicyclic) bond motifs is 1. The molecule has 0 aliphatic carbocycles. The van der Waals surface area contributed by atoms with Gasteiger partial charge in [-0.1, -0.05) is 95.0 Å². The molecule has 0 saturated carbocycles. The summed E-state index contributed by atoms with van der Waals surface area (Å²) >= 11 is 10.2. The van der Waals surface area contributed by atoms with Crippen molar-refractivity contribution in [2.24, 2.45) is 5.10 Å². The quantitative estimate of drug-likeness (QED) is 0.181. The first kappa shape index (κ1) is 22.7. The zero-order valence-electron chi connectivity index (χ0n) is 16.5. The number of amides is 1. The van der Waals surface area contributed by atoms with Crippen LogP contribution in [0.5, 0.6) is 0 Å². The van der Waals surface area contributed by atoms with Crippen LogP contribution in [0.3, 0.4) is 0 Å². The molecule has 5 nitrogen and oxygen atoms in total. The van der Waals surface area contributed by atoms with E-state index in [9.17, 15) is 9.18 Å². The van der Waals surface area contributed by atoms with E-state index in [1.165, 1.54) is 57.8 Å². The summed E-state index contributed by atoms with van der Waals surface area (Å²) in [6, 6.07) is 18.9. The first-order valence-electron chi connectivity index (χ1n) is 9.42. The van der Waals surface area contributed by atoms with Crippen molar-refractivity contribution in [1.29, 1.82) is 0 Å². The Bertz CT molecular complexity index is 1260. The Kier molecular flexibility index (Phi) is 7.75. The minimum atomic E-state index is -0.507. The number of rotatable bonds is 8. The minimum Gasteiger partial charge on any atom is -0.272 e. The van der Waals surface area contributed by atoms with Gasteiger partial charge in [-0.2, -0.15) is 5.10 Å². The third kappa shape index (κ3) is 5.86. The highest BCUT2D eigenvalue weighted by Gasteiger charge is 2.10. The van der Waals surface area contributed by atoms with Gasteiger partial charge in [0.2, 0.25) is 0 Å². The number of aromatic nitrogens is 2. The van der Waals surface area contributed by atoms with Crippen LogP contribution in [-0.2, 0) is 10.5 Å². The summed E-state index contributed by atoms with van der Waals surface area (Å²) < 4.78 is 15.2. The van der Waals surface area contributed by atoms with Crippen LogP contribution in [0.1, 0.15) is 11.1 Å². The number of hydrazone groups is 1. The predicted octanol–water partition coefficient (Wildman–Crippen LogP) is 6.02. The molecule has 0 fully saturated rings. The average molecular weight is 503 g/mol. The highest BCUT2D eigenvalue weighted by Crippen LogP contribution is 2.32. The molecule has 0 aliphatic rings. The monoisotopic (exact) mass is 502 g/mol. The molecule has 1 N–H and O–H groups in total. The van der Waals surface area contributed by atoms with Gasteiger partial charge in [0.25, 0.3) is 5.91 Å². The van der Waals surface area contributed by atoms with Gasteiger partial charge in [-0.15, -0.1) is 10.2 Å². The van der Waals surface area contributed by atoms with Crippen LogP contribution >= 0.6 is 46.5 Å². The van der Waals surface area contributed by atoms with Crippen molar-refractivity contribution in [3.8, 4) is 0 Å². The molecule has 0 atom stereocenters. The van der Waals surface area contributed by atoms with Gasteiger partial charge < -0.3 is 0 Å². The van der Waals surface area contributed by atoms with Crippen molar-refractivity contribution in [1.82, 2.24) is 15.6 Å². The van der Waals surface area contributed by atoms with E-state index >= 15 is 0 Å². The highest BCUT2D eigenvalue weighted by molar-refractivity contribution is 8.03. The number of hydrogen-bond donors (Lipinski definition) is 1. The molecule has 4 rings (SSSR count). The van der Waals surface area contributed by atoms with E-state index in [-0.39, 0.29) is 22.2 Å². The molecule has 32 heavy (non-hydrogen) atoms. The largest absolute Gasteiger partial charge is 0.272 e. The van der Waals surface area contributed by atoms with E-state index in [2.05, 4.69) is 51.1 Å². The van der Waals surface area contributed by atoms with Crippen LogP contribution in [0.15, 0.2) is 74.4 Å². The van der Waals surface area contributed by atoms with Crippen molar-refractivity contribution < 1.29 is 9.18 Å². The summed E-state index contributed by atoms with van der Waals surface area (Å²) in [5.41, 5.74) is 3.73. The third-order valence-corrected chi connectivity index (χ3v) is 7.90. The lowest BCUT2D eigenvalue weighted by Crippen LogP contribution is -2.19. The molecular formula is C22H16ClFN4OS3.